The van der Waals surface area contributed by atoms with E-state index in [1.54, 1.807) is 0 Å². The molecule has 8 heteroatoms. The molecule has 0 saturated carbocycles. The molecule has 1 rings (SSSR count). The molecular weight excluding hydrogens is 289 g/mol. The molecule has 0 aliphatic rings. The summed E-state index contributed by atoms with van der Waals surface area (Å²) < 4.78 is 37.8. The molecule has 21 heavy (non-hydrogen) atoms. The number of alkyl halides is 3. The van der Waals surface area contributed by atoms with E-state index in [1.165, 1.54) is 6.92 Å². The van der Waals surface area contributed by atoms with Gasteiger partial charge in [0, 0.05) is 0 Å². The molecule has 0 bridgehead atoms. The molecule has 5 nitrogen and oxygen atoms in total. The largest absolute Gasteiger partial charge is 0.478 e. The number of halogens is 3. The van der Waals surface area contributed by atoms with Crippen LogP contribution in [0.4, 0.5) is 23.7 Å². The lowest BCUT2D eigenvalue weighted by molar-refractivity contribution is -0.137. The van der Waals surface area contributed by atoms with Crippen molar-refractivity contribution >= 4 is 17.7 Å². The molecule has 2 amide bonds. The van der Waals surface area contributed by atoms with Gasteiger partial charge in [0.15, 0.2) is 0 Å². The number of nitrogens with one attached hydrogen (secondary N) is 2. The lowest BCUT2D eigenvalue weighted by Crippen LogP contribution is -2.35. The maximum Gasteiger partial charge on any atom is 0.416 e. The van der Waals surface area contributed by atoms with Crippen LogP contribution in [-0.2, 0) is 6.18 Å². The molecular formula is C13H11F3N2O3. The molecule has 112 valence electrons. The van der Waals surface area contributed by atoms with Crippen LogP contribution in [-0.4, -0.2) is 23.1 Å². The Bertz CT molecular complexity index is 606. The van der Waals surface area contributed by atoms with Crippen LogP contribution < -0.4 is 10.6 Å². The van der Waals surface area contributed by atoms with E-state index in [-0.39, 0.29) is 0 Å². The van der Waals surface area contributed by atoms with Crippen molar-refractivity contribution in [3.8, 4) is 12.3 Å². The first-order valence-corrected chi connectivity index (χ1v) is 5.63. The highest BCUT2D eigenvalue weighted by Gasteiger charge is 2.31. The fourth-order valence-corrected chi connectivity index (χ4v) is 1.41. The molecule has 0 aromatic heterocycles. The van der Waals surface area contributed by atoms with Crippen LogP contribution in [0.1, 0.15) is 22.8 Å². The lowest BCUT2D eigenvalue weighted by Gasteiger charge is -2.14. The lowest BCUT2D eigenvalue weighted by atomic mass is 10.1. The highest BCUT2D eigenvalue weighted by atomic mass is 19.4. The summed E-state index contributed by atoms with van der Waals surface area (Å²) in [6, 6.07) is 0.373. The number of carboxylic acid groups (broad SMARTS) is 1. The van der Waals surface area contributed by atoms with Gasteiger partial charge < -0.3 is 15.7 Å². The van der Waals surface area contributed by atoms with Crippen LogP contribution >= 0.6 is 0 Å². The molecule has 0 radical (unpaired) electrons. The summed E-state index contributed by atoms with van der Waals surface area (Å²) in [5, 5.41) is 13.2. The SMILES string of the molecule is C#CC(C)NC(=O)Nc1cc(C(F)(F)F)ccc1C(=O)O. The first-order valence-electron chi connectivity index (χ1n) is 5.63. The Hall–Kier alpha value is -2.69. The maximum atomic E-state index is 12.6. The van der Waals surface area contributed by atoms with E-state index in [1.807, 2.05) is 5.32 Å². The number of carbonyl (C=O) groups is 2. The van der Waals surface area contributed by atoms with E-state index < -0.39 is 41.0 Å². The molecule has 1 aromatic carbocycles. The summed E-state index contributed by atoms with van der Waals surface area (Å²) in [5.74, 6) is 0.718. The highest BCUT2D eigenvalue weighted by Crippen LogP contribution is 2.32. The Kier molecular flexibility index (Phi) is 4.81. The molecule has 0 aliphatic heterocycles. The summed E-state index contributed by atoms with van der Waals surface area (Å²) in [6.07, 6.45) is 0.381. The van der Waals surface area contributed by atoms with Gasteiger partial charge in [0.05, 0.1) is 22.9 Å². The topological polar surface area (TPSA) is 78.4 Å². The first kappa shape index (κ1) is 16.4. The number of carboxylic acids is 1. The van der Waals surface area contributed by atoms with Gasteiger partial charge in [-0.05, 0) is 25.1 Å². The fourth-order valence-electron chi connectivity index (χ4n) is 1.41. The average Bonchev–Trinajstić information content (AvgIpc) is 2.36. The van der Waals surface area contributed by atoms with Gasteiger partial charge in [-0.15, -0.1) is 6.42 Å². The zero-order chi connectivity index (χ0) is 16.2. The van der Waals surface area contributed by atoms with Crippen molar-refractivity contribution in [2.24, 2.45) is 0 Å². The molecule has 0 heterocycles. The molecule has 1 aromatic rings. The third-order valence-electron chi connectivity index (χ3n) is 2.42. The van der Waals surface area contributed by atoms with Gasteiger partial charge in [0.25, 0.3) is 0 Å². The molecule has 0 aliphatic carbocycles. The second kappa shape index (κ2) is 6.17. The first-order chi connectivity index (χ1) is 9.65. The Balaban J connectivity index is 3.10. The number of hydrogen-bond acceptors (Lipinski definition) is 2. The van der Waals surface area contributed by atoms with Crippen molar-refractivity contribution in [2.75, 3.05) is 5.32 Å². The molecule has 0 saturated heterocycles. The molecule has 1 unspecified atom stereocenters. The number of hydrogen-bond donors (Lipinski definition) is 3. The van der Waals surface area contributed by atoms with E-state index in [2.05, 4.69) is 11.2 Å². The van der Waals surface area contributed by atoms with Crippen molar-refractivity contribution in [3.05, 3.63) is 29.3 Å². The minimum Gasteiger partial charge on any atom is -0.478 e. The number of urea groups is 1. The summed E-state index contributed by atoms with van der Waals surface area (Å²) in [6.45, 7) is 1.48. The van der Waals surface area contributed by atoms with Crippen LogP contribution in [0.25, 0.3) is 0 Å². The van der Waals surface area contributed by atoms with Crippen molar-refractivity contribution in [1.82, 2.24) is 5.32 Å². The van der Waals surface area contributed by atoms with Crippen molar-refractivity contribution in [1.29, 1.82) is 0 Å². The van der Waals surface area contributed by atoms with Crippen molar-refractivity contribution < 1.29 is 27.9 Å². The van der Waals surface area contributed by atoms with Gasteiger partial charge in [0.1, 0.15) is 0 Å². The number of amides is 2. The summed E-state index contributed by atoms with van der Waals surface area (Å²) in [5.41, 5.74) is -2.02. The van der Waals surface area contributed by atoms with Crippen LogP contribution in [0.15, 0.2) is 18.2 Å². The number of rotatable bonds is 3. The predicted octanol–water partition coefficient (Wildman–Crippen LogP) is 2.55. The standard InChI is InChI=1S/C13H11F3N2O3/c1-3-7(2)17-12(21)18-10-6-8(13(14,15)16)4-5-9(10)11(19)20/h1,4-7H,2H3,(H,19,20)(H2,17,18,21). The smallest absolute Gasteiger partial charge is 0.416 e. The Morgan fingerprint density at radius 2 is 2.00 bits per heavy atom. The second-order valence-corrected chi connectivity index (χ2v) is 4.05. The van der Waals surface area contributed by atoms with Crippen LogP contribution in [0.2, 0.25) is 0 Å². The quantitative estimate of drug-likeness (QED) is 0.751. The normalized spacial score (nSPS) is 12.1. The van der Waals surface area contributed by atoms with Gasteiger partial charge in [-0.2, -0.15) is 13.2 Å². The predicted molar refractivity (Wildman–Crippen MR) is 68.9 cm³/mol. The number of carbonyl (C=O) groups excluding carboxylic acids is 1. The van der Waals surface area contributed by atoms with Crippen LogP contribution in [0.5, 0.6) is 0 Å². The van der Waals surface area contributed by atoms with E-state index in [4.69, 9.17) is 11.5 Å². The van der Waals surface area contributed by atoms with Gasteiger partial charge in [-0.1, -0.05) is 5.92 Å². The third kappa shape index (κ3) is 4.42. The average molecular weight is 300 g/mol. The van der Waals surface area contributed by atoms with Gasteiger partial charge >= 0.3 is 18.2 Å². The van der Waals surface area contributed by atoms with Gasteiger partial charge in [0.2, 0.25) is 0 Å². The van der Waals surface area contributed by atoms with E-state index in [0.29, 0.717) is 12.1 Å². The van der Waals surface area contributed by atoms with Gasteiger partial charge in [-0.25, -0.2) is 9.59 Å². The molecule has 0 spiro atoms. The Labute approximate surface area is 118 Å². The Morgan fingerprint density at radius 1 is 1.38 bits per heavy atom. The number of anilines is 1. The van der Waals surface area contributed by atoms with Crippen LogP contribution in [0.3, 0.4) is 0 Å². The summed E-state index contributed by atoms with van der Waals surface area (Å²) in [4.78, 5) is 22.5. The number of benzene rings is 1. The maximum absolute atomic E-state index is 12.6. The highest BCUT2D eigenvalue weighted by molar-refractivity contribution is 6.00. The molecule has 3 N–H and O–H groups in total. The number of terminal acetylenes is 1. The van der Waals surface area contributed by atoms with Gasteiger partial charge in [-0.3, -0.25) is 0 Å². The van der Waals surface area contributed by atoms with E-state index >= 15 is 0 Å². The Morgan fingerprint density at radius 3 is 2.48 bits per heavy atom. The minimum atomic E-state index is -4.66. The van der Waals surface area contributed by atoms with E-state index in [9.17, 15) is 22.8 Å². The number of aromatic carboxylic acids is 1. The van der Waals surface area contributed by atoms with Crippen molar-refractivity contribution in [3.63, 3.8) is 0 Å². The fraction of sp³-hybridized carbons (Fsp3) is 0.231. The zero-order valence-corrected chi connectivity index (χ0v) is 10.8. The second-order valence-electron chi connectivity index (χ2n) is 4.05. The zero-order valence-electron chi connectivity index (χ0n) is 10.8. The summed E-state index contributed by atoms with van der Waals surface area (Å²) >= 11 is 0. The third-order valence-corrected chi connectivity index (χ3v) is 2.42. The molecule has 1 atom stereocenters. The monoisotopic (exact) mass is 300 g/mol. The summed E-state index contributed by atoms with van der Waals surface area (Å²) in [7, 11) is 0. The van der Waals surface area contributed by atoms with Crippen LogP contribution in [0, 0.1) is 12.3 Å². The van der Waals surface area contributed by atoms with Crippen molar-refractivity contribution in [2.45, 2.75) is 19.1 Å². The minimum absolute atomic E-state index is 0.466. The van der Waals surface area contributed by atoms with E-state index in [0.717, 1.165) is 6.07 Å². The molecule has 0 fully saturated rings.